The Morgan fingerprint density at radius 1 is 1.17 bits per heavy atom. The van der Waals surface area contributed by atoms with Crippen LogP contribution >= 0.6 is 11.3 Å². The number of carbonyl (C=O) groups is 1. The van der Waals surface area contributed by atoms with Gasteiger partial charge in [0, 0.05) is 49.8 Å². The fourth-order valence-electron chi connectivity index (χ4n) is 4.61. The highest BCUT2D eigenvalue weighted by Crippen LogP contribution is 2.36. The molecule has 1 aliphatic rings. The van der Waals surface area contributed by atoms with Crippen LogP contribution in [0.5, 0.6) is 5.75 Å². The standard InChI is InChI=1S/C28H32N4O2S/c1-18-23(34-4)13-12-22-24(18)21(16-29-22)14-15-32(17-19-10-11-19)27(33)25-26(20-8-6-5-7-9-20)35-28(30-25)31(2)3/h5-9,12-13,16,19,29H,10-11,14-15,17H2,1-4H3. The second-order valence-corrected chi connectivity index (χ2v) is 10.5. The number of aromatic amines is 1. The Hall–Kier alpha value is -3.32. The summed E-state index contributed by atoms with van der Waals surface area (Å²) in [5.41, 5.74) is 5.03. The van der Waals surface area contributed by atoms with Gasteiger partial charge in [-0.15, -0.1) is 0 Å². The highest BCUT2D eigenvalue weighted by molar-refractivity contribution is 7.19. The molecular formula is C28H32N4O2S. The van der Waals surface area contributed by atoms with Gasteiger partial charge in [-0.3, -0.25) is 4.79 Å². The van der Waals surface area contributed by atoms with Gasteiger partial charge in [0.15, 0.2) is 5.13 Å². The van der Waals surface area contributed by atoms with Crippen molar-refractivity contribution in [1.29, 1.82) is 0 Å². The molecule has 1 aliphatic carbocycles. The number of thiazole rings is 1. The number of hydrogen-bond donors (Lipinski definition) is 1. The van der Waals surface area contributed by atoms with Crippen LogP contribution in [0.4, 0.5) is 5.13 Å². The van der Waals surface area contributed by atoms with E-state index in [1.165, 1.54) is 23.8 Å². The fourth-order valence-corrected chi connectivity index (χ4v) is 5.59. The summed E-state index contributed by atoms with van der Waals surface area (Å²) < 4.78 is 5.55. The van der Waals surface area contributed by atoms with Crippen LogP contribution in [0.15, 0.2) is 48.7 Å². The van der Waals surface area contributed by atoms with Gasteiger partial charge in [0.1, 0.15) is 11.4 Å². The summed E-state index contributed by atoms with van der Waals surface area (Å²) in [6.45, 7) is 3.53. The van der Waals surface area contributed by atoms with Crippen molar-refractivity contribution in [3.05, 3.63) is 65.5 Å². The molecule has 0 bridgehead atoms. The lowest BCUT2D eigenvalue weighted by Crippen LogP contribution is -2.35. The first-order chi connectivity index (χ1) is 17.0. The molecule has 1 saturated carbocycles. The van der Waals surface area contributed by atoms with Gasteiger partial charge in [-0.1, -0.05) is 41.7 Å². The maximum Gasteiger partial charge on any atom is 0.274 e. The zero-order valence-electron chi connectivity index (χ0n) is 20.8. The third kappa shape index (κ3) is 4.78. The number of carbonyl (C=O) groups excluding carboxylic acids is 1. The van der Waals surface area contributed by atoms with Crippen LogP contribution in [0.1, 0.15) is 34.5 Å². The van der Waals surface area contributed by atoms with E-state index < -0.39 is 0 Å². The van der Waals surface area contributed by atoms with Crippen molar-refractivity contribution in [2.75, 3.05) is 39.2 Å². The molecular weight excluding hydrogens is 456 g/mol. The van der Waals surface area contributed by atoms with E-state index in [4.69, 9.17) is 9.72 Å². The van der Waals surface area contributed by atoms with Crippen LogP contribution in [-0.4, -0.2) is 55.1 Å². The van der Waals surface area contributed by atoms with Gasteiger partial charge >= 0.3 is 0 Å². The van der Waals surface area contributed by atoms with Crippen molar-refractivity contribution in [3.63, 3.8) is 0 Å². The third-order valence-corrected chi connectivity index (χ3v) is 7.98. The van der Waals surface area contributed by atoms with Crippen LogP contribution in [0.3, 0.4) is 0 Å². The molecule has 0 radical (unpaired) electrons. The Kier molecular flexibility index (Phi) is 6.52. The van der Waals surface area contributed by atoms with Crippen molar-refractivity contribution in [2.45, 2.75) is 26.2 Å². The lowest BCUT2D eigenvalue weighted by molar-refractivity contribution is 0.0745. The summed E-state index contributed by atoms with van der Waals surface area (Å²) in [4.78, 5) is 27.1. The summed E-state index contributed by atoms with van der Waals surface area (Å²) in [6.07, 6.45) is 5.23. The Morgan fingerprint density at radius 3 is 2.63 bits per heavy atom. The van der Waals surface area contributed by atoms with Crippen LogP contribution in [0, 0.1) is 12.8 Å². The molecule has 1 fully saturated rings. The molecule has 0 aliphatic heterocycles. The van der Waals surface area contributed by atoms with Crippen LogP contribution in [-0.2, 0) is 6.42 Å². The van der Waals surface area contributed by atoms with E-state index in [1.807, 2.05) is 48.2 Å². The molecule has 2 heterocycles. The Balaban J connectivity index is 1.45. The van der Waals surface area contributed by atoms with Crippen molar-refractivity contribution in [3.8, 4) is 16.2 Å². The van der Waals surface area contributed by atoms with E-state index in [0.29, 0.717) is 18.2 Å². The lowest BCUT2D eigenvalue weighted by atomic mass is 10.0. The molecule has 0 spiro atoms. The monoisotopic (exact) mass is 488 g/mol. The maximum atomic E-state index is 14.0. The van der Waals surface area contributed by atoms with E-state index in [2.05, 4.69) is 36.3 Å². The predicted molar refractivity (Wildman–Crippen MR) is 144 cm³/mol. The molecule has 1 amide bonds. The zero-order chi connectivity index (χ0) is 24.5. The number of nitrogens with one attached hydrogen (secondary N) is 1. The summed E-state index contributed by atoms with van der Waals surface area (Å²) in [5.74, 6) is 1.50. The Morgan fingerprint density at radius 2 is 1.94 bits per heavy atom. The summed E-state index contributed by atoms with van der Waals surface area (Å²) in [5, 5.41) is 2.04. The predicted octanol–water partition coefficient (Wildman–Crippen LogP) is 5.77. The molecule has 182 valence electrons. The summed E-state index contributed by atoms with van der Waals surface area (Å²) in [6, 6.07) is 14.2. The highest BCUT2D eigenvalue weighted by atomic mass is 32.1. The van der Waals surface area contributed by atoms with E-state index in [0.717, 1.165) is 45.4 Å². The number of nitrogens with zero attached hydrogens (tertiary/aromatic N) is 3. The number of anilines is 1. The molecule has 0 saturated heterocycles. The average molecular weight is 489 g/mol. The number of rotatable bonds is 9. The van der Waals surface area contributed by atoms with E-state index in [-0.39, 0.29) is 5.91 Å². The number of benzene rings is 2. The quantitative estimate of drug-likeness (QED) is 0.325. The molecule has 7 heteroatoms. The molecule has 35 heavy (non-hydrogen) atoms. The number of ether oxygens (including phenoxy) is 1. The average Bonchev–Trinajstić information content (AvgIpc) is 3.40. The second kappa shape index (κ2) is 9.74. The smallest absolute Gasteiger partial charge is 0.274 e. The number of aryl methyl sites for hydroxylation is 1. The minimum atomic E-state index is 0.0225. The van der Waals surface area contributed by atoms with Gasteiger partial charge in [0.25, 0.3) is 5.91 Å². The molecule has 5 rings (SSSR count). The van der Waals surface area contributed by atoms with Crippen LogP contribution in [0.2, 0.25) is 0 Å². The number of methoxy groups -OCH3 is 1. The molecule has 2 aromatic heterocycles. The molecule has 6 nitrogen and oxygen atoms in total. The number of amides is 1. The number of H-pyrrole nitrogens is 1. The SMILES string of the molecule is COc1ccc2[nH]cc(CCN(CC3CC3)C(=O)c3nc(N(C)C)sc3-c3ccccc3)c2c1C. The van der Waals surface area contributed by atoms with Gasteiger partial charge < -0.3 is 19.5 Å². The summed E-state index contributed by atoms with van der Waals surface area (Å²) in [7, 11) is 5.64. The van der Waals surface area contributed by atoms with Gasteiger partial charge in [-0.05, 0) is 55.4 Å². The topological polar surface area (TPSA) is 61.5 Å². The first-order valence-corrected chi connectivity index (χ1v) is 12.9. The molecule has 1 N–H and O–H groups in total. The highest BCUT2D eigenvalue weighted by Gasteiger charge is 2.30. The van der Waals surface area contributed by atoms with Gasteiger partial charge in [0.05, 0.1) is 12.0 Å². The fraction of sp³-hybridized carbons (Fsp3) is 0.357. The first kappa shape index (κ1) is 23.4. The Bertz CT molecular complexity index is 1340. The number of fused-ring (bicyclic) bond motifs is 1. The van der Waals surface area contributed by atoms with Crippen molar-refractivity contribution in [2.24, 2.45) is 5.92 Å². The number of aromatic nitrogens is 2. The van der Waals surface area contributed by atoms with E-state index in [1.54, 1.807) is 18.4 Å². The van der Waals surface area contributed by atoms with Crippen molar-refractivity contribution >= 4 is 33.3 Å². The molecule has 0 unspecified atom stereocenters. The van der Waals surface area contributed by atoms with Crippen molar-refractivity contribution < 1.29 is 9.53 Å². The van der Waals surface area contributed by atoms with Gasteiger partial charge in [0.2, 0.25) is 0 Å². The number of hydrogen-bond acceptors (Lipinski definition) is 5. The first-order valence-electron chi connectivity index (χ1n) is 12.1. The normalized spacial score (nSPS) is 13.3. The maximum absolute atomic E-state index is 14.0. The van der Waals surface area contributed by atoms with Crippen LogP contribution < -0.4 is 9.64 Å². The Labute approximate surface area is 210 Å². The van der Waals surface area contributed by atoms with Crippen LogP contribution in [0.25, 0.3) is 21.3 Å². The minimum absolute atomic E-state index is 0.0225. The molecule has 0 atom stereocenters. The van der Waals surface area contributed by atoms with E-state index in [9.17, 15) is 4.79 Å². The molecule has 4 aromatic rings. The van der Waals surface area contributed by atoms with Crippen molar-refractivity contribution in [1.82, 2.24) is 14.9 Å². The zero-order valence-corrected chi connectivity index (χ0v) is 21.6. The minimum Gasteiger partial charge on any atom is -0.496 e. The summed E-state index contributed by atoms with van der Waals surface area (Å²) >= 11 is 1.57. The molecule has 2 aromatic carbocycles. The van der Waals surface area contributed by atoms with E-state index >= 15 is 0 Å². The second-order valence-electron chi connectivity index (χ2n) is 9.51. The lowest BCUT2D eigenvalue weighted by Gasteiger charge is -2.22. The largest absolute Gasteiger partial charge is 0.496 e. The van der Waals surface area contributed by atoms with Gasteiger partial charge in [-0.25, -0.2) is 4.98 Å². The third-order valence-electron chi connectivity index (χ3n) is 6.71. The van der Waals surface area contributed by atoms with Gasteiger partial charge in [-0.2, -0.15) is 0 Å².